The second kappa shape index (κ2) is 9.50. The fraction of sp³-hybridized carbons (Fsp3) is 0.571. The predicted molar refractivity (Wildman–Crippen MR) is 110 cm³/mol. The van der Waals surface area contributed by atoms with Crippen LogP contribution in [-0.2, 0) is 16.1 Å². The summed E-state index contributed by atoms with van der Waals surface area (Å²) in [6.07, 6.45) is 1.23. The van der Waals surface area contributed by atoms with Gasteiger partial charge in [0.1, 0.15) is 11.4 Å². The van der Waals surface area contributed by atoms with Crippen molar-refractivity contribution >= 4 is 18.2 Å². The third kappa shape index (κ3) is 5.53. The van der Waals surface area contributed by atoms with Crippen LogP contribution in [0.3, 0.4) is 0 Å². The first-order valence-electron chi connectivity index (χ1n) is 9.67. The highest BCUT2D eigenvalue weighted by Gasteiger charge is 2.37. The molecule has 0 radical (unpaired) electrons. The zero-order chi connectivity index (χ0) is 21.6. The Kier molecular flexibility index (Phi) is 7.32. The second-order valence-electron chi connectivity index (χ2n) is 8.06. The van der Waals surface area contributed by atoms with Crippen LogP contribution in [0.25, 0.3) is 0 Å². The normalized spacial score (nSPS) is 15.3. The minimum absolute atomic E-state index is 0.182. The van der Waals surface area contributed by atoms with Crippen LogP contribution in [0.4, 0.5) is 10.5 Å². The molecule has 0 aromatic heterocycles. The van der Waals surface area contributed by atoms with E-state index in [0.29, 0.717) is 25.2 Å². The van der Waals surface area contributed by atoms with Gasteiger partial charge in [-0.25, -0.2) is 4.79 Å². The van der Waals surface area contributed by atoms with Crippen molar-refractivity contribution in [3.05, 3.63) is 23.3 Å². The molecule has 0 fully saturated rings. The monoisotopic (exact) mass is 402 g/mol. The highest BCUT2D eigenvalue weighted by molar-refractivity contribution is 5.72. The van der Waals surface area contributed by atoms with Crippen molar-refractivity contribution in [2.45, 2.75) is 51.8 Å². The lowest BCUT2D eigenvalue weighted by Gasteiger charge is -2.28. The number of methoxy groups -OCH3 is 1. The number of carbonyl (C=O) groups excluding carboxylic acids is 2. The first-order valence-corrected chi connectivity index (χ1v) is 9.67. The topological polar surface area (TPSA) is 94.9 Å². The van der Waals surface area contributed by atoms with Crippen molar-refractivity contribution in [2.75, 3.05) is 32.1 Å². The number of carbonyl (C=O) groups is 2. The number of hydrogen-bond acceptors (Lipinski definition) is 6. The quantitative estimate of drug-likeness (QED) is 0.531. The number of rotatable bonds is 8. The van der Waals surface area contributed by atoms with Crippen molar-refractivity contribution < 1.29 is 19.1 Å². The molecule has 1 aromatic rings. The average molecular weight is 402 g/mol. The number of nitrogens with one attached hydrogen (secondary N) is 1. The van der Waals surface area contributed by atoms with Gasteiger partial charge in [-0.2, -0.15) is 5.26 Å². The maximum Gasteiger partial charge on any atom is 0.411 e. The van der Waals surface area contributed by atoms with Gasteiger partial charge in [-0.1, -0.05) is 0 Å². The molecule has 0 bridgehead atoms. The lowest BCUT2D eigenvalue weighted by molar-refractivity contribution is -0.109. The number of benzene rings is 1. The van der Waals surface area contributed by atoms with Gasteiger partial charge in [0.15, 0.2) is 0 Å². The summed E-state index contributed by atoms with van der Waals surface area (Å²) in [5.74, 6) is 0.684. The van der Waals surface area contributed by atoms with Crippen LogP contribution in [0.2, 0.25) is 0 Å². The molecule has 2 amide bonds. The van der Waals surface area contributed by atoms with Gasteiger partial charge in [0.2, 0.25) is 6.41 Å². The molecule has 1 unspecified atom stereocenters. The molecular formula is C21H30N4O4. The van der Waals surface area contributed by atoms with E-state index in [1.165, 1.54) is 0 Å². The van der Waals surface area contributed by atoms with Crippen molar-refractivity contribution in [3.8, 4) is 11.8 Å². The molecule has 2 rings (SSSR count). The SMILES string of the molecule is COc1cc2c(cc1N(C)CCCNC=O)CN(C(=O)OC(C)(C)C)C2CC#N. The number of anilines is 1. The van der Waals surface area contributed by atoms with Crippen LogP contribution in [0.5, 0.6) is 5.75 Å². The largest absolute Gasteiger partial charge is 0.495 e. The molecule has 0 saturated carbocycles. The summed E-state index contributed by atoms with van der Waals surface area (Å²) < 4.78 is 11.1. The van der Waals surface area contributed by atoms with Crippen LogP contribution in [0.1, 0.15) is 50.8 Å². The number of nitriles is 1. The molecule has 158 valence electrons. The van der Waals surface area contributed by atoms with Gasteiger partial charge in [0.25, 0.3) is 0 Å². The van der Waals surface area contributed by atoms with Gasteiger partial charge >= 0.3 is 6.09 Å². The molecule has 1 aromatic carbocycles. The molecule has 0 spiro atoms. The number of amides is 2. The molecule has 8 nitrogen and oxygen atoms in total. The second-order valence-corrected chi connectivity index (χ2v) is 8.06. The number of fused-ring (bicyclic) bond motifs is 1. The molecular weight excluding hydrogens is 372 g/mol. The van der Waals surface area contributed by atoms with E-state index in [0.717, 1.165) is 29.8 Å². The number of hydrogen-bond donors (Lipinski definition) is 1. The van der Waals surface area contributed by atoms with Crippen LogP contribution in [0, 0.1) is 11.3 Å². The molecule has 8 heteroatoms. The van der Waals surface area contributed by atoms with Crippen molar-refractivity contribution in [1.29, 1.82) is 5.26 Å². The summed E-state index contributed by atoms with van der Waals surface area (Å²) in [7, 11) is 3.56. The van der Waals surface area contributed by atoms with Crippen LogP contribution >= 0.6 is 0 Å². The standard InChI is InChI=1S/C21H30N4O4/c1-21(2,3)29-20(27)25-13-15-11-18(24(4)10-6-9-23-14-26)19(28-5)12-16(15)17(25)7-8-22/h11-12,14,17H,6-7,9-10,13H2,1-5H3,(H,23,26). The highest BCUT2D eigenvalue weighted by Crippen LogP contribution is 2.42. The lowest BCUT2D eigenvalue weighted by atomic mass is 10.0. The molecule has 1 heterocycles. The third-order valence-corrected chi connectivity index (χ3v) is 4.74. The minimum atomic E-state index is -0.609. The van der Waals surface area contributed by atoms with Gasteiger partial charge in [0, 0.05) is 20.1 Å². The Hall–Kier alpha value is -2.95. The van der Waals surface area contributed by atoms with Crippen LogP contribution < -0.4 is 15.0 Å². The maximum atomic E-state index is 12.7. The Balaban J connectivity index is 2.29. The van der Waals surface area contributed by atoms with Crippen molar-refractivity contribution in [3.63, 3.8) is 0 Å². The van der Waals surface area contributed by atoms with Gasteiger partial charge < -0.3 is 19.7 Å². The minimum Gasteiger partial charge on any atom is -0.495 e. The highest BCUT2D eigenvalue weighted by atomic mass is 16.6. The van der Waals surface area contributed by atoms with E-state index in [1.807, 2.05) is 40.0 Å². The van der Waals surface area contributed by atoms with Gasteiger partial charge in [-0.3, -0.25) is 9.69 Å². The number of nitrogens with zero attached hydrogens (tertiary/aromatic N) is 3. The molecule has 1 N–H and O–H groups in total. The number of ether oxygens (including phenoxy) is 2. The zero-order valence-corrected chi connectivity index (χ0v) is 17.8. The van der Waals surface area contributed by atoms with E-state index >= 15 is 0 Å². The summed E-state index contributed by atoms with van der Waals surface area (Å²) in [6.45, 7) is 7.17. The van der Waals surface area contributed by atoms with E-state index in [2.05, 4.69) is 16.3 Å². The van der Waals surface area contributed by atoms with Crippen LogP contribution in [0.15, 0.2) is 12.1 Å². The fourth-order valence-electron chi connectivity index (χ4n) is 3.41. The van der Waals surface area contributed by atoms with Crippen molar-refractivity contribution in [1.82, 2.24) is 10.2 Å². The molecule has 1 atom stereocenters. The maximum absolute atomic E-state index is 12.7. The lowest BCUT2D eigenvalue weighted by Crippen LogP contribution is -2.35. The Morgan fingerprint density at radius 1 is 1.45 bits per heavy atom. The summed E-state index contributed by atoms with van der Waals surface area (Å²) in [6, 6.07) is 5.73. The molecule has 0 aliphatic carbocycles. The summed E-state index contributed by atoms with van der Waals surface area (Å²) in [4.78, 5) is 26.8. The summed E-state index contributed by atoms with van der Waals surface area (Å²) in [5, 5.41) is 12.0. The van der Waals surface area contributed by atoms with E-state index in [-0.39, 0.29) is 12.5 Å². The zero-order valence-electron chi connectivity index (χ0n) is 17.8. The first-order chi connectivity index (χ1) is 13.7. The predicted octanol–water partition coefficient (Wildman–Crippen LogP) is 2.97. The van der Waals surface area contributed by atoms with E-state index in [1.54, 1.807) is 12.0 Å². The van der Waals surface area contributed by atoms with Gasteiger partial charge in [-0.15, -0.1) is 0 Å². The Morgan fingerprint density at radius 2 is 2.17 bits per heavy atom. The van der Waals surface area contributed by atoms with E-state index in [4.69, 9.17) is 9.47 Å². The first kappa shape index (κ1) is 22.3. The third-order valence-electron chi connectivity index (χ3n) is 4.74. The van der Waals surface area contributed by atoms with E-state index < -0.39 is 11.7 Å². The van der Waals surface area contributed by atoms with Gasteiger partial charge in [0.05, 0.1) is 37.9 Å². The smallest absolute Gasteiger partial charge is 0.411 e. The fourth-order valence-corrected chi connectivity index (χ4v) is 3.41. The van der Waals surface area contributed by atoms with Gasteiger partial charge in [-0.05, 0) is 50.5 Å². The molecule has 1 aliphatic heterocycles. The Labute approximate surface area is 172 Å². The molecule has 1 aliphatic rings. The molecule has 0 saturated heterocycles. The average Bonchev–Trinajstić information content (AvgIpc) is 3.01. The summed E-state index contributed by atoms with van der Waals surface area (Å²) in [5.41, 5.74) is 2.18. The van der Waals surface area contributed by atoms with Crippen molar-refractivity contribution in [2.24, 2.45) is 0 Å². The Bertz CT molecular complexity index is 782. The Morgan fingerprint density at radius 3 is 2.76 bits per heavy atom. The van der Waals surface area contributed by atoms with E-state index in [9.17, 15) is 14.9 Å². The van der Waals surface area contributed by atoms with Crippen LogP contribution in [-0.4, -0.2) is 50.3 Å². The summed E-state index contributed by atoms with van der Waals surface area (Å²) >= 11 is 0. The molecule has 29 heavy (non-hydrogen) atoms.